The molecule has 1 aliphatic rings. The van der Waals surface area contributed by atoms with Gasteiger partial charge in [0.05, 0.1) is 10.2 Å². The lowest BCUT2D eigenvalue weighted by atomic mass is 9.99. The maximum Gasteiger partial charge on any atom is 0.308 e. The average Bonchev–Trinajstić information content (AvgIpc) is 2.74. The van der Waals surface area contributed by atoms with Crippen LogP contribution < -0.4 is 4.87 Å². The second-order valence-corrected chi connectivity index (χ2v) is 6.50. The standard InChI is InChI=1S/C15H20N2OS/c1-12-6-8-16(9-7-12)10-11-17-13-4-2-3-5-14(13)19-15(17)18/h2-5,12H,6-11H2,1H3. The first kappa shape index (κ1) is 12.9. The molecule has 0 amide bonds. The molecule has 3 nitrogen and oxygen atoms in total. The maximum atomic E-state index is 12.0. The number of fused-ring (bicyclic) bond motifs is 1. The zero-order valence-electron chi connectivity index (χ0n) is 11.3. The van der Waals surface area contributed by atoms with Gasteiger partial charge in [-0.2, -0.15) is 0 Å². The predicted octanol–water partition coefficient (Wildman–Crippen LogP) is 2.79. The summed E-state index contributed by atoms with van der Waals surface area (Å²) in [5.41, 5.74) is 1.09. The van der Waals surface area contributed by atoms with Crippen LogP contribution in [-0.4, -0.2) is 29.1 Å². The molecule has 102 valence electrons. The fourth-order valence-corrected chi connectivity index (χ4v) is 3.67. The molecular weight excluding hydrogens is 256 g/mol. The number of nitrogens with zero attached hydrogens (tertiary/aromatic N) is 2. The van der Waals surface area contributed by atoms with Crippen molar-refractivity contribution in [3.8, 4) is 0 Å². The Hall–Kier alpha value is -1.13. The molecule has 1 fully saturated rings. The van der Waals surface area contributed by atoms with Crippen LogP contribution >= 0.6 is 11.3 Å². The Balaban J connectivity index is 1.72. The minimum absolute atomic E-state index is 0.173. The summed E-state index contributed by atoms with van der Waals surface area (Å²) >= 11 is 1.35. The Morgan fingerprint density at radius 1 is 1.21 bits per heavy atom. The van der Waals surface area contributed by atoms with Gasteiger partial charge in [0, 0.05) is 13.1 Å². The summed E-state index contributed by atoms with van der Waals surface area (Å²) in [5, 5.41) is 0. The Labute approximate surface area is 117 Å². The molecule has 0 unspecified atom stereocenters. The van der Waals surface area contributed by atoms with Crippen LogP contribution in [0.1, 0.15) is 19.8 Å². The molecule has 1 aromatic carbocycles. The highest BCUT2D eigenvalue weighted by atomic mass is 32.1. The Morgan fingerprint density at radius 2 is 1.95 bits per heavy atom. The van der Waals surface area contributed by atoms with Crippen molar-refractivity contribution in [2.75, 3.05) is 19.6 Å². The highest BCUT2D eigenvalue weighted by Crippen LogP contribution is 2.18. The minimum atomic E-state index is 0.173. The van der Waals surface area contributed by atoms with E-state index in [1.807, 2.05) is 28.8 Å². The van der Waals surface area contributed by atoms with Crippen LogP contribution in [0.4, 0.5) is 0 Å². The normalized spacial score (nSPS) is 18.2. The molecule has 1 saturated heterocycles. The molecule has 0 N–H and O–H groups in total. The van der Waals surface area contributed by atoms with E-state index in [0.717, 1.165) is 29.2 Å². The van der Waals surface area contributed by atoms with Gasteiger partial charge in [-0.15, -0.1) is 0 Å². The molecule has 1 aliphatic heterocycles. The Bertz CT molecular complexity index is 608. The van der Waals surface area contributed by atoms with Crippen LogP contribution in [0.2, 0.25) is 0 Å². The van der Waals surface area contributed by atoms with Crippen LogP contribution in [0.3, 0.4) is 0 Å². The van der Waals surface area contributed by atoms with Crippen molar-refractivity contribution in [1.29, 1.82) is 0 Å². The second-order valence-electron chi connectivity index (χ2n) is 5.51. The van der Waals surface area contributed by atoms with Crippen LogP contribution in [0, 0.1) is 5.92 Å². The number of piperidine rings is 1. The third kappa shape index (κ3) is 2.74. The summed E-state index contributed by atoms with van der Waals surface area (Å²) in [6, 6.07) is 8.08. The van der Waals surface area contributed by atoms with Crippen LogP contribution in [0.25, 0.3) is 10.2 Å². The third-order valence-corrected chi connectivity index (χ3v) is 5.05. The summed E-state index contributed by atoms with van der Waals surface area (Å²) in [6.45, 7) is 6.49. The minimum Gasteiger partial charge on any atom is -0.302 e. The lowest BCUT2D eigenvalue weighted by Gasteiger charge is -2.30. The number of aromatic nitrogens is 1. The molecule has 0 saturated carbocycles. The van der Waals surface area contributed by atoms with E-state index in [1.165, 1.54) is 37.3 Å². The molecular formula is C15H20N2OS. The van der Waals surface area contributed by atoms with Crippen molar-refractivity contribution >= 4 is 21.6 Å². The fraction of sp³-hybridized carbons (Fsp3) is 0.533. The van der Waals surface area contributed by atoms with E-state index in [1.54, 1.807) is 0 Å². The summed E-state index contributed by atoms with van der Waals surface area (Å²) < 4.78 is 3.03. The Morgan fingerprint density at radius 3 is 2.74 bits per heavy atom. The summed E-state index contributed by atoms with van der Waals surface area (Å²) in [7, 11) is 0. The zero-order valence-corrected chi connectivity index (χ0v) is 12.2. The molecule has 2 heterocycles. The van der Waals surface area contributed by atoms with Crippen molar-refractivity contribution in [3.63, 3.8) is 0 Å². The highest BCUT2D eigenvalue weighted by Gasteiger charge is 2.16. The number of para-hydroxylation sites is 1. The molecule has 0 spiro atoms. The number of benzene rings is 1. The van der Waals surface area contributed by atoms with Crippen molar-refractivity contribution in [2.45, 2.75) is 26.3 Å². The van der Waals surface area contributed by atoms with E-state index in [4.69, 9.17) is 0 Å². The largest absolute Gasteiger partial charge is 0.308 e. The molecule has 4 heteroatoms. The van der Waals surface area contributed by atoms with Crippen LogP contribution in [-0.2, 0) is 6.54 Å². The quantitative estimate of drug-likeness (QED) is 0.861. The van der Waals surface area contributed by atoms with E-state index < -0.39 is 0 Å². The molecule has 0 bridgehead atoms. The topological polar surface area (TPSA) is 25.2 Å². The van der Waals surface area contributed by atoms with E-state index in [9.17, 15) is 4.79 Å². The van der Waals surface area contributed by atoms with Gasteiger partial charge >= 0.3 is 4.87 Å². The van der Waals surface area contributed by atoms with E-state index >= 15 is 0 Å². The van der Waals surface area contributed by atoms with E-state index in [-0.39, 0.29) is 4.87 Å². The molecule has 19 heavy (non-hydrogen) atoms. The van der Waals surface area contributed by atoms with Crippen molar-refractivity contribution in [2.24, 2.45) is 5.92 Å². The number of hydrogen-bond acceptors (Lipinski definition) is 3. The number of thiazole rings is 1. The highest BCUT2D eigenvalue weighted by molar-refractivity contribution is 7.16. The van der Waals surface area contributed by atoms with Gasteiger partial charge in [-0.05, 0) is 44.0 Å². The van der Waals surface area contributed by atoms with Gasteiger partial charge in [0.2, 0.25) is 0 Å². The SMILES string of the molecule is CC1CCN(CCn2c(=O)sc3ccccc32)CC1. The predicted molar refractivity (Wildman–Crippen MR) is 80.9 cm³/mol. The number of hydrogen-bond donors (Lipinski definition) is 0. The van der Waals surface area contributed by atoms with Crippen molar-refractivity contribution < 1.29 is 0 Å². The van der Waals surface area contributed by atoms with Crippen LogP contribution in [0.15, 0.2) is 29.1 Å². The first-order valence-corrected chi connectivity index (χ1v) is 7.86. The van der Waals surface area contributed by atoms with E-state index in [2.05, 4.69) is 11.8 Å². The average molecular weight is 276 g/mol. The molecule has 3 rings (SSSR count). The van der Waals surface area contributed by atoms with Gasteiger partial charge in [-0.25, -0.2) is 0 Å². The maximum absolute atomic E-state index is 12.0. The van der Waals surface area contributed by atoms with Gasteiger partial charge in [0.25, 0.3) is 0 Å². The lowest BCUT2D eigenvalue weighted by molar-refractivity contribution is 0.187. The van der Waals surface area contributed by atoms with Gasteiger partial charge in [0.15, 0.2) is 0 Å². The van der Waals surface area contributed by atoms with Crippen molar-refractivity contribution in [3.05, 3.63) is 33.9 Å². The molecule has 0 atom stereocenters. The summed E-state index contributed by atoms with van der Waals surface area (Å²) in [5.74, 6) is 0.862. The molecule has 1 aromatic heterocycles. The van der Waals surface area contributed by atoms with Gasteiger partial charge < -0.3 is 4.90 Å². The molecule has 0 radical (unpaired) electrons. The first-order chi connectivity index (χ1) is 9.24. The van der Waals surface area contributed by atoms with Gasteiger partial charge in [0.1, 0.15) is 0 Å². The van der Waals surface area contributed by atoms with Crippen LogP contribution in [0.5, 0.6) is 0 Å². The first-order valence-electron chi connectivity index (χ1n) is 7.05. The zero-order chi connectivity index (χ0) is 13.2. The van der Waals surface area contributed by atoms with Gasteiger partial charge in [-0.3, -0.25) is 9.36 Å². The Kier molecular flexibility index (Phi) is 3.71. The second kappa shape index (κ2) is 5.47. The number of likely N-dealkylation sites (tertiary alicyclic amines) is 1. The lowest BCUT2D eigenvalue weighted by Crippen LogP contribution is -2.36. The third-order valence-electron chi connectivity index (χ3n) is 4.09. The molecule has 0 aliphatic carbocycles. The summed E-state index contributed by atoms with van der Waals surface area (Å²) in [6.07, 6.45) is 2.58. The van der Waals surface area contributed by atoms with E-state index in [0.29, 0.717) is 0 Å². The molecule has 2 aromatic rings. The fourth-order valence-electron chi connectivity index (χ4n) is 2.75. The summed E-state index contributed by atoms with van der Waals surface area (Å²) in [4.78, 5) is 14.7. The smallest absolute Gasteiger partial charge is 0.302 e. The number of rotatable bonds is 3. The van der Waals surface area contributed by atoms with Gasteiger partial charge in [-0.1, -0.05) is 30.4 Å². The van der Waals surface area contributed by atoms with Crippen molar-refractivity contribution in [1.82, 2.24) is 9.47 Å². The monoisotopic (exact) mass is 276 g/mol.